The highest BCUT2D eigenvalue weighted by atomic mass is 14.9. The second kappa shape index (κ2) is 5.90. The standard InChI is InChI=1S/C16H25N/c1-6-8-14(7-2)17-15-11-9-13(10-12-15)16(3,4)5/h7-9,11,17H,2,6,10,12H2,1,3-5H3/b14-8+. The third-order valence-electron chi connectivity index (χ3n) is 3.06. The van der Waals surface area contributed by atoms with Gasteiger partial charge in [-0.15, -0.1) is 0 Å². The summed E-state index contributed by atoms with van der Waals surface area (Å²) in [6.45, 7) is 12.8. The van der Waals surface area contributed by atoms with Gasteiger partial charge in [-0.2, -0.15) is 0 Å². The van der Waals surface area contributed by atoms with Gasteiger partial charge in [0.2, 0.25) is 0 Å². The zero-order chi connectivity index (χ0) is 12.9. The van der Waals surface area contributed by atoms with Gasteiger partial charge in [-0.05, 0) is 36.8 Å². The Hall–Kier alpha value is -1.24. The van der Waals surface area contributed by atoms with Crippen LogP contribution in [0.25, 0.3) is 0 Å². The first kappa shape index (κ1) is 13.8. The molecule has 0 aromatic carbocycles. The molecule has 0 spiro atoms. The van der Waals surface area contributed by atoms with Gasteiger partial charge in [-0.25, -0.2) is 0 Å². The molecule has 0 heterocycles. The maximum Gasteiger partial charge on any atom is 0.0335 e. The second-order valence-corrected chi connectivity index (χ2v) is 5.53. The predicted molar refractivity (Wildman–Crippen MR) is 76.6 cm³/mol. The maximum atomic E-state index is 3.83. The molecule has 1 heteroatoms. The molecule has 1 aliphatic rings. The summed E-state index contributed by atoms with van der Waals surface area (Å²) in [5, 5.41) is 3.44. The minimum Gasteiger partial charge on any atom is -0.359 e. The van der Waals surface area contributed by atoms with E-state index < -0.39 is 0 Å². The van der Waals surface area contributed by atoms with Crippen molar-refractivity contribution in [3.63, 3.8) is 0 Å². The van der Waals surface area contributed by atoms with Crippen LogP contribution in [-0.2, 0) is 0 Å². The lowest BCUT2D eigenvalue weighted by Gasteiger charge is -2.26. The molecule has 0 atom stereocenters. The Bertz CT molecular complexity index is 361. The molecule has 1 aliphatic carbocycles. The lowest BCUT2D eigenvalue weighted by molar-refractivity contribution is 0.478. The van der Waals surface area contributed by atoms with Crippen LogP contribution in [0.15, 0.2) is 47.9 Å². The van der Waals surface area contributed by atoms with E-state index in [1.54, 1.807) is 0 Å². The highest BCUT2D eigenvalue weighted by Gasteiger charge is 2.18. The van der Waals surface area contributed by atoms with Crippen molar-refractivity contribution in [2.75, 3.05) is 0 Å². The Morgan fingerprint density at radius 2 is 2.06 bits per heavy atom. The zero-order valence-electron chi connectivity index (χ0n) is 11.6. The smallest absolute Gasteiger partial charge is 0.0335 e. The molecule has 0 saturated carbocycles. The fourth-order valence-electron chi connectivity index (χ4n) is 1.96. The lowest BCUT2D eigenvalue weighted by atomic mass is 9.81. The molecule has 0 aromatic rings. The Kier molecular flexibility index (Phi) is 4.80. The fraction of sp³-hybridized carbons (Fsp3) is 0.500. The topological polar surface area (TPSA) is 12.0 Å². The van der Waals surface area contributed by atoms with Gasteiger partial charge in [0.1, 0.15) is 0 Å². The summed E-state index contributed by atoms with van der Waals surface area (Å²) >= 11 is 0. The minimum atomic E-state index is 0.294. The first-order chi connectivity index (χ1) is 7.97. The van der Waals surface area contributed by atoms with Crippen LogP contribution >= 0.6 is 0 Å². The van der Waals surface area contributed by atoms with Gasteiger partial charge in [0.25, 0.3) is 0 Å². The van der Waals surface area contributed by atoms with E-state index in [-0.39, 0.29) is 0 Å². The van der Waals surface area contributed by atoms with Crippen LogP contribution in [0.3, 0.4) is 0 Å². The summed E-state index contributed by atoms with van der Waals surface area (Å²) < 4.78 is 0. The van der Waals surface area contributed by atoms with Crippen molar-refractivity contribution in [1.82, 2.24) is 5.32 Å². The first-order valence-corrected chi connectivity index (χ1v) is 6.47. The van der Waals surface area contributed by atoms with Crippen LogP contribution in [0.5, 0.6) is 0 Å². The van der Waals surface area contributed by atoms with Crippen LogP contribution in [0.4, 0.5) is 0 Å². The van der Waals surface area contributed by atoms with Gasteiger partial charge in [0.15, 0.2) is 0 Å². The third kappa shape index (κ3) is 4.26. The predicted octanol–water partition coefficient (Wildman–Crippen LogP) is 4.71. The van der Waals surface area contributed by atoms with E-state index >= 15 is 0 Å². The Labute approximate surface area is 106 Å². The highest BCUT2D eigenvalue weighted by Crippen LogP contribution is 2.32. The van der Waals surface area contributed by atoms with Crippen molar-refractivity contribution in [2.24, 2.45) is 5.41 Å². The number of nitrogens with one attached hydrogen (secondary N) is 1. The van der Waals surface area contributed by atoms with Crippen molar-refractivity contribution < 1.29 is 0 Å². The number of allylic oxidation sites excluding steroid dienone is 6. The van der Waals surface area contributed by atoms with Crippen molar-refractivity contribution in [2.45, 2.75) is 47.0 Å². The summed E-state index contributed by atoms with van der Waals surface area (Å²) in [7, 11) is 0. The van der Waals surface area contributed by atoms with Gasteiger partial charge in [-0.3, -0.25) is 0 Å². The van der Waals surface area contributed by atoms with Gasteiger partial charge < -0.3 is 5.32 Å². The normalized spacial score (nSPS) is 17.3. The Morgan fingerprint density at radius 3 is 2.47 bits per heavy atom. The summed E-state index contributed by atoms with van der Waals surface area (Å²) in [6.07, 6.45) is 11.8. The molecule has 0 radical (unpaired) electrons. The molecule has 94 valence electrons. The molecule has 17 heavy (non-hydrogen) atoms. The van der Waals surface area contributed by atoms with Gasteiger partial charge in [-0.1, -0.05) is 52.0 Å². The van der Waals surface area contributed by atoms with Crippen LogP contribution in [0.1, 0.15) is 47.0 Å². The molecule has 1 N–H and O–H groups in total. The number of hydrogen-bond donors (Lipinski definition) is 1. The van der Waals surface area contributed by atoms with E-state index in [0.29, 0.717) is 5.41 Å². The third-order valence-corrected chi connectivity index (χ3v) is 3.06. The summed E-state index contributed by atoms with van der Waals surface area (Å²) in [5.74, 6) is 0. The van der Waals surface area contributed by atoms with Crippen molar-refractivity contribution in [3.8, 4) is 0 Å². The summed E-state index contributed by atoms with van der Waals surface area (Å²) in [6, 6.07) is 0. The highest BCUT2D eigenvalue weighted by molar-refractivity contribution is 5.30. The average Bonchev–Trinajstić information content (AvgIpc) is 2.28. The first-order valence-electron chi connectivity index (χ1n) is 6.47. The molecular weight excluding hydrogens is 206 g/mol. The van der Waals surface area contributed by atoms with Crippen molar-refractivity contribution in [3.05, 3.63) is 47.9 Å². The molecular formula is C16H25N. The second-order valence-electron chi connectivity index (χ2n) is 5.53. The minimum absolute atomic E-state index is 0.294. The Morgan fingerprint density at radius 1 is 1.35 bits per heavy atom. The molecule has 0 saturated heterocycles. The van der Waals surface area contributed by atoms with Crippen LogP contribution in [0.2, 0.25) is 0 Å². The van der Waals surface area contributed by atoms with Crippen molar-refractivity contribution >= 4 is 0 Å². The molecule has 0 bridgehead atoms. The van der Waals surface area contributed by atoms with E-state index in [1.807, 2.05) is 6.08 Å². The molecule has 0 amide bonds. The maximum absolute atomic E-state index is 3.83. The van der Waals surface area contributed by atoms with E-state index in [9.17, 15) is 0 Å². The van der Waals surface area contributed by atoms with Gasteiger partial charge in [0.05, 0.1) is 0 Å². The van der Waals surface area contributed by atoms with Crippen LogP contribution in [0, 0.1) is 5.41 Å². The average molecular weight is 231 g/mol. The SMILES string of the molecule is C=C/C(=C\CC)NC1=CC=C(C(C)(C)C)CC1. The van der Waals surface area contributed by atoms with Gasteiger partial charge >= 0.3 is 0 Å². The summed E-state index contributed by atoms with van der Waals surface area (Å²) in [5.41, 5.74) is 4.23. The summed E-state index contributed by atoms with van der Waals surface area (Å²) in [4.78, 5) is 0. The lowest BCUT2D eigenvalue weighted by Crippen LogP contribution is -2.17. The van der Waals surface area contributed by atoms with Gasteiger partial charge in [0, 0.05) is 11.4 Å². The largest absolute Gasteiger partial charge is 0.359 e. The Balaban J connectivity index is 2.71. The number of rotatable bonds is 4. The molecule has 0 fully saturated rings. The van der Waals surface area contributed by atoms with E-state index in [0.717, 1.165) is 25.0 Å². The number of hydrogen-bond acceptors (Lipinski definition) is 1. The van der Waals surface area contributed by atoms with E-state index in [2.05, 4.69) is 57.8 Å². The quantitative estimate of drug-likeness (QED) is 0.691. The molecule has 1 nitrogen and oxygen atoms in total. The molecule has 0 aliphatic heterocycles. The zero-order valence-corrected chi connectivity index (χ0v) is 11.6. The molecule has 0 aromatic heterocycles. The van der Waals surface area contributed by atoms with E-state index in [4.69, 9.17) is 0 Å². The van der Waals surface area contributed by atoms with Crippen LogP contribution < -0.4 is 5.32 Å². The molecule has 1 rings (SSSR count). The molecule has 0 unspecified atom stereocenters. The van der Waals surface area contributed by atoms with Crippen LogP contribution in [-0.4, -0.2) is 0 Å². The van der Waals surface area contributed by atoms with Crippen molar-refractivity contribution in [1.29, 1.82) is 0 Å². The monoisotopic (exact) mass is 231 g/mol. The fourth-order valence-corrected chi connectivity index (χ4v) is 1.96. The van der Waals surface area contributed by atoms with E-state index in [1.165, 1.54) is 11.3 Å².